The molecule has 1 amide bonds. The van der Waals surface area contributed by atoms with Crippen molar-refractivity contribution in [2.75, 3.05) is 27.3 Å². The van der Waals surface area contributed by atoms with Gasteiger partial charge in [-0.2, -0.15) is 4.31 Å². The lowest BCUT2D eigenvalue weighted by molar-refractivity contribution is -0.148. The quantitative estimate of drug-likeness (QED) is 0.249. The molecule has 0 saturated carbocycles. The second-order valence-electron chi connectivity index (χ2n) is 10.5. The lowest BCUT2D eigenvalue weighted by Crippen LogP contribution is -2.48. The SMILES string of the molecule is CCCN(C(=O)[C@H](CCc1ccccc1)OCc1ccccc1)[C@H]1C[C@H](C(=O)OC)N(S(=O)(=O)c2ccc(OC)cc2)C1. The molecule has 4 rings (SSSR count). The third kappa shape index (κ3) is 8.01. The van der Waals surface area contributed by atoms with E-state index in [1.165, 1.54) is 26.4 Å². The normalized spacial score (nSPS) is 17.7. The van der Waals surface area contributed by atoms with Gasteiger partial charge in [-0.1, -0.05) is 67.6 Å². The Balaban J connectivity index is 1.60. The molecule has 10 heteroatoms. The summed E-state index contributed by atoms with van der Waals surface area (Å²) in [5.41, 5.74) is 2.04. The Kier molecular flexibility index (Phi) is 11.3. The van der Waals surface area contributed by atoms with Crippen LogP contribution >= 0.6 is 0 Å². The van der Waals surface area contributed by atoms with E-state index in [0.717, 1.165) is 15.4 Å². The van der Waals surface area contributed by atoms with Gasteiger partial charge in [-0.15, -0.1) is 0 Å². The summed E-state index contributed by atoms with van der Waals surface area (Å²) < 4.78 is 45.1. The van der Waals surface area contributed by atoms with Gasteiger partial charge in [-0.05, 0) is 61.1 Å². The van der Waals surface area contributed by atoms with Crippen molar-refractivity contribution in [3.8, 4) is 5.75 Å². The third-order valence-electron chi connectivity index (χ3n) is 7.67. The molecule has 3 aromatic carbocycles. The lowest BCUT2D eigenvalue weighted by Gasteiger charge is -2.32. The Labute approximate surface area is 254 Å². The number of methoxy groups -OCH3 is 2. The van der Waals surface area contributed by atoms with Crippen LogP contribution in [0.5, 0.6) is 5.75 Å². The van der Waals surface area contributed by atoms with Crippen molar-refractivity contribution < 1.29 is 32.2 Å². The third-order valence-corrected chi connectivity index (χ3v) is 9.56. The van der Waals surface area contributed by atoms with E-state index in [-0.39, 0.29) is 30.4 Å². The highest BCUT2D eigenvalue weighted by molar-refractivity contribution is 7.89. The van der Waals surface area contributed by atoms with E-state index in [2.05, 4.69) is 0 Å². The number of nitrogens with zero attached hydrogens (tertiary/aromatic N) is 2. The molecule has 1 heterocycles. The van der Waals surface area contributed by atoms with E-state index >= 15 is 0 Å². The predicted molar refractivity (Wildman–Crippen MR) is 163 cm³/mol. The van der Waals surface area contributed by atoms with Gasteiger partial charge < -0.3 is 19.1 Å². The number of hydrogen-bond donors (Lipinski definition) is 0. The average Bonchev–Trinajstić information content (AvgIpc) is 3.50. The van der Waals surface area contributed by atoms with Crippen LogP contribution in [0.1, 0.15) is 37.3 Å². The van der Waals surface area contributed by atoms with E-state index in [0.29, 0.717) is 31.6 Å². The molecule has 0 unspecified atom stereocenters. The Hall–Kier alpha value is -3.73. The first-order chi connectivity index (χ1) is 20.8. The summed E-state index contributed by atoms with van der Waals surface area (Å²) in [7, 11) is -1.35. The first-order valence-electron chi connectivity index (χ1n) is 14.5. The summed E-state index contributed by atoms with van der Waals surface area (Å²) >= 11 is 0. The largest absolute Gasteiger partial charge is 0.497 e. The second-order valence-corrected chi connectivity index (χ2v) is 12.4. The molecule has 1 saturated heterocycles. The molecule has 43 heavy (non-hydrogen) atoms. The van der Waals surface area contributed by atoms with Crippen LogP contribution in [-0.4, -0.2) is 75.0 Å². The minimum absolute atomic E-state index is 0.0307. The van der Waals surface area contributed by atoms with E-state index < -0.39 is 34.2 Å². The number of rotatable bonds is 14. The van der Waals surface area contributed by atoms with Crippen LogP contribution in [0.4, 0.5) is 0 Å². The van der Waals surface area contributed by atoms with Crippen LogP contribution < -0.4 is 4.74 Å². The molecule has 3 atom stereocenters. The van der Waals surface area contributed by atoms with Crippen molar-refractivity contribution in [2.45, 2.75) is 62.3 Å². The van der Waals surface area contributed by atoms with E-state index in [1.54, 1.807) is 17.0 Å². The molecule has 1 aliphatic heterocycles. The van der Waals surface area contributed by atoms with Gasteiger partial charge in [0.2, 0.25) is 10.0 Å². The molecule has 0 N–H and O–H groups in total. The minimum atomic E-state index is -4.08. The van der Waals surface area contributed by atoms with Gasteiger partial charge in [-0.25, -0.2) is 8.42 Å². The van der Waals surface area contributed by atoms with Gasteiger partial charge in [-0.3, -0.25) is 9.59 Å². The number of sulfonamides is 1. The fourth-order valence-corrected chi connectivity index (χ4v) is 7.03. The maximum absolute atomic E-state index is 14.2. The number of aryl methyl sites for hydroxylation is 1. The van der Waals surface area contributed by atoms with Gasteiger partial charge in [0, 0.05) is 19.1 Å². The summed E-state index contributed by atoms with van der Waals surface area (Å²) in [4.78, 5) is 28.8. The van der Waals surface area contributed by atoms with Crippen molar-refractivity contribution in [1.29, 1.82) is 0 Å². The highest BCUT2D eigenvalue weighted by Gasteiger charge is 2.47. The standard InChI is InChI=1S/C33H40N2O7S/c1-4-21-34(32(36)31(20-15-25-11-7-5-8-12-25)42-24-26-13-9-6-10-14-26)27-22-30(33(37)41-3)35(23-27)43(38,39)29-18-16-28(40-2)17-19-29/h5-14,16-19,27,30-31H,4,15,20-24H2,1-3H3/t27-,30+,31-/m0/s1. The maximum atomic E-state index is 14.2. The molecular weight excluding hydrogens is 568 g/mol. The highest BCUT2D eigenvalue weighted by atomic mass is 32.2. The monoisotopic (exact) mass is 608 g/mol. The zero-order valence-electron chi connectivity index (χ0n) is 24.9. The summed E-state index contributed by atoms with van der Waals surface area (Å²) in [6.07, 6.45) is 1.12. The van der Waals surface area contributed by atoms with Crippen LogP contribution in [0.15, 0.2) is 89.8 Å². The first-order valence-corrected chi connectivity index (χ1v) is 16.0. The molecule has 9 nitrogen and oxygen atoms in total. The van der Waals surface area contributed by atoms with Crippen LogP contribution in [-0.2, 0) is 42.1 Å². The van der Waals surface area contributed by atoms with Crippen molar-refractivity contribution in [2.24, 2.45) is 0 Å². The Morgan fingerprint density at radius 3 is 2.14 bits per heavy atom. The number of carbonyl (C=O) groups excluding carboxylic acids is 2. The summed E-state index contributed by atoms with van der Waals surface area (Å²) in [5, 5.41) is 0. The van der Waals surface area contributed by atoms with Crippen LogP contribution in [0.2, 0.25) is 0 Å². The van der Waals surface area contributed by atoms with Gasteiger partial charge in [0.05, 0.1) is 25.7 Å². The molecule has 3 aromatic rings. The zero-order valence-corrected chi connectivity index (χ0v) is 25.7. The maximum Gasteiger partial charge on any atom is 0.324 e. The number of amides is 1. The van der Waals surface area contributed by atoms with E-state index in [1.807, 2.05) is 67.6 Å². The van der Waals surface area contributed by atoms with E-state index in [4.69, 9.17) is 14.2 Å². The smallest absolute Gasteiger partial charge is 0.324 e. The first kappa shape index (κ1) is 32.2. The topological polar surface area (TPSA) is 102 Å². The van der Waals surface area contributed by atoms with Crippen LogP contribution in [0.25, 0.3) is 0 Å². The number of benzene rings is 3. The summed E-state index contributed by atoms with van der Waals surface area (Å²) in [6, 6.07) is 24.0. The fraction of sp³-hybridized carbons (Fsp3) is 0.394. The average molecular weight is 609 g/mol. The summed E-state index contributed by atoms with van der Waals surface area (Å²) in [6.45, 7) is 2.58. The molecule has 1 fully saturated rings. The number of ether oxygens (including phenoxy) is 3. The van der Waals surface area contributed by atoms with E-state index in [9.17, 15) is 18.0 Å². The molecule has 0 aliphatic carbocycles. The van der Waals surface area contributed by atoms with Gasteiger partial charge in [0.25, 0.3) is 5.91 Å². The highest BCUT2D eigenvalue weighted by Crippen LogP contribution is 2.31. The second kappa shape index (κ2) is 15.1. The van der Waals surface area contributed by atoms with Crippen molar-refractivity contribution in [3.63, 3.8) is 0 Å². The fourth-order valence-electron chi connectivity index (χ4n) is 5.40. The van der Waals surface area contributed by atoms with Crippen molar-refractivity contribution in [1.82, 2.24) is 9.21 Å². The molecule has 1 aliphatic rings. The molecule has 0 bridgehead atoms. The molecule has 0 aromatic heterocycles. The number of carbonyl (C=O) groups is 2. The Morgan fingerprint density at radius 1 is 0.930 bits per heavy atom. The van der Waals surface area contributed by atoms with Gasteiger partial charge in [0.15, 0.2) is 0 Å². The minimum Gasteiger partial charge on any atom is -0.497 e. The van der Waals surface area contributed by atoms with Gasteiger partial charge >= 0.3 is 5.97 Å². The molecule has 0 radical (unpaired) electrons. The van der Waals surface area contributed by atoms with Crippen LogP contribution in [0.3, 0.4) is 0 Å². The van der Waals surface area contributed by atoms with Crippen molar-refractivity contribution in [3.05, 3.63) is 96.1 Å². The molecule has 0 spiro atoms. The number of hydrogen-bond acceptors (Lipinski definition) is 7. The Bertz CT molecular complexity index is 1390. The van der Waals surface area contributed by atoms with Crippen LogP contribution in [0, 0.1) is 0 Å². The summed E-state index contributed by atoms with van der Waals surface area (Å²) in [5.74, 6) is -0.366. The lowest BCUT2D eigenvalue weighted by atomic mass is 10.0. The zero-order chi connectivity index (χ0) is 30.8. The Morgan fingerprint density at radius 2 is 1.56 bits per heavy atom. The molecular formula is C33H40N2O7S. The predicted octanol–water partition coefficient (Wildman–Crippen LogP) is 4.46. The van der Waals surface area contributed by atoms with Gasteiger partial charge in [0.1, 0.15) is 17.9 Å². The van der Waals surface area contributed by atoms with Crippen molar-refractivity contribution >= 4 is 21.9 Å². The molecule has 230 valence electrons. The number of esters is 1.